The van der Waals surface area contributed by atoms with Crippen LogP contribution in [0.3, 0.4) is 0 Å². The second-order valence-electron chi connectivity index (χ2n) is 5.48. The summed E-state index contributed by atoms with van der Waals surface area (Å²) in [7, 11) is 1.43. The molecule has 1 amide bonds. The lowest BCUT2D eigenvalue weighted by molar-refractivity contribution is 0.0902. The highest BCUT2D eigenvalue weighted by Crippen LogP contribution is 2.21. The van der Waals surface area contributed by atoms with Gasteiger partial charge in [0.25, 0.3) is 11.8 Å². The molecule has 0 spiro atoms. The van der Waals surface area contributed by atoms with Gasteiger partial charge in [-0.2, -0.15) is 0 Å². The Morgan fingerprint density at radius 1 is 1.40 bits per heavy atom. The van der Waals surface area contributed by atoms with Crippen molar-refractivity contribution in [3.8, 4) is 11.6 Å². The monoisotopic (exact) mass is 344 g/mol. The molecule has 0 aliphatic heterocycles. The number of hydrogen-bond acceptors (Lipinski definition) is 5. The molecule has 0 radical (unpaired) electrons. The number of aromatic nitrogens is 3. The van der Waals surface area contributed by atoms with E-state index in [9.17, 15) is 9.18 Å². The number of rotatable bonds is 5. The number of methoxy groups -OCH3 is 1. The van der Waals surface area contributed by atoms with Crippen LogP contribution in [-0.2, 0) is 0 Å². The Morgan fingerprint density at radius 2 is 2.20 bits per heavy atom. The van der Waals surface area contributed by atoms with Crippen molar-refractivity contribution < 1.29 is 18.4 Å². The zero-order valence-corrected chi connectivity index (χ0v) is 14.0. The number of benzene rings is 1. The maximum atomic E-state index is 14.5. The van der Waals surface area contributed by atoms with Crippen molar-refractivity contribution in [3.63, 3.8) is 0 Å². The van der Waals surface area contributed by atoms with Crippen LogP contribution in [0, 0.1) is 12.7 Å². The first-order valence-electron chi connectivity index (χ1n) is 7.61. The fourth-order valence-electron chi connectivity index (χ4n) is 2.43. The molecule has 0 saturated heterocycles. The molecule has 2 aromatic heterocycles. The summed E-state index contributed by atoms with van der Waals surface area (Å²) in [6, 6.07) is 5.76. The molecule has 0 aliphatic rings. The summed E-state index contributed by atoms with van der Waals surface area (Å²) < 4.78 is 25.9. The molecular formula is C17H17FN4O3. The highest BCUT2D eigenvalue weighted by molar-refractivity contribution is 5.91. The molecule has 0 bridgehead atoms. The quantitative estimate of drug-likeness (QED) is 0.770. The lowest BCUT2D eigenvalue weighted by Crippen LogP contribution is -2.26. The van der Waals surface area contributed by atoms with Crippen molar-refractivity contribution >= 4 is 5.91 Å². The van der Waals surface area contributed by atoms with Gasteiger partial charge in [-0.1, -0.05) is 6.07 Å². The van der Waals surface area contributed by atoms with Crippen molar-refractivity contribution in [2.75, 3.05) is 7.11 Å². The molecule has 3 rings (SSSR count). The zero-order valence-electron chi connectivity index (χ0n) is 14.0. The van der Waals surface area contributed by atoms with E-state index in [1.807, 2.05) is 0 Å². The van der Waals surface area contributed by atoms with Gasteiger partial charge in [-0.15, -0.1) is 0 Å². The fraction of sp³-hybridized carbons (Fsp3) is 0.235. The SMILES string of the molecule is COc1cc(C(=O)NC(C)c2ccc(-n3ccnc3C)c(F)c2)on1. The summed E-state index contributed by atoms with van der Waals surface area (Å²) in [5.74, 6) is 0.0604. The minimum Gasteiger partial charge on any atom is -0.479 e. The van der Waals surface area contributed by atoms with Gasteiger partial charge in [0, 0.05) is 12.4 Å². The van der Waals surface area contributed by atoms with Gasteiger partial charge in [-0.25, -0.2) is 9.37 Å². The first-order chi connectivity index (χ1) is 12.0. The first kappa shape index (κ1) is 16.7. The van der Waals surface area contributed by atoms with Gasteiger partial charge in [0.05, 0.1) is 24.9 Å². The standard InChI is InChI=1S/C17H17FN4O3/c1-10(20-17(23)15-9-16(24-3)21-25-15)12-4-5-14(13(18)8-12)22-7-6-19-11(22)2/h4-10H,1-3H3,(H,20,23). The van der Waals surface area contributed by atoms with E-state index < -0.39 is 17.8 Å². The molecule has 25 heavy (non-hydrogen) atoms. The number of imidazole rings is 1. The van der Waals surface area contributed by atoms with E-state index in [2.05, 4.69) is 15.5 Å². The molecule has 8 heteroatoms. The van der Waals surface area contributed by atoms with Crippen molar-refractivity contribution in [2.24, 2.45) is 0 Å². The predicted octanol–water partition coefficient (Wildman–Crippen LogP) is 2.81. The van der Waals surface area contributed by atoms with Gasteiger partial charge in [0.2, 0.25) is 5.76 Å². The summed E-state index contributed by atoms with van der Waals surface area (Å²) in [5, 5.41) is 6.30. The Labute approximate surface area is 143 Å². The Kier molecular flexibility index (Phi) is 4.51. The molecule has 0 aliphatic carbocycles. The molecule has 1 atom stereocenters. The number of ether oxygens (including phenoxy) is 1. The Hall–Kier alpha value is -3.16. The minimum absolute atomic E-state index is 0.0230. The largest absolute Gasteiger partial charge is 0.479 e. The first-order valence-corrected chi connectivity index (χ1v) is 7.61. The summed E-state index contributed by atoms with van der Waals surface area (Å²) >= 11 is 0. The van der Waals surface area contributed by atoms with Crippen LogP contribution >= 0.6 is 0 Å². The lowest BCUT2D eigenvalue weighted by Gasteiger charge is -2.15. The van der Waals surface area contributed by atoms with Crippen LogP contribution in [0.1, 0.15) is 34.9 Å². The topological polar surface area (TPSA) is 82.2 Å². The smallest absolute Gasteiger partial charge is 0.290 e. The minimum atomic E-state index is -0.460. The van der Waals surface area contributed by atoms with Crippen molar-refractivity contribution in [1.29, 1.82) is 0 Å². The maximum absolute atomic E-state index is 14.5. The van der Waals surface area contributed by atoms with Gasteiger partial charge in [0.15, 0.2) is 0 Å². The Balaban J connectivity index is 1.76. The van der Waals surface area contributed by atoms with Crippen LogP contribution in [0.4, 0.5) is 4.39 Å². The van der Waals surface area contributed by atoms with Gasteiger partial charge >= 0.3 is 0 Å². The van der Waals surface area contributed by atoms with Crippen LogP contribution in [0.5, 0.6) is 5.88 Å². The van der Waals surface area contributed by atoms with Crippen molar-refractivity contribution in [3.05, 3.63) is 59.6 Å². The van der Waals surface area contributed by atoms with E-state index in [0.717, 1.165) is 0 Å². The average Bonchev–Trinajstić information content (AvgIpc) is 3.23. The third-order valence-electron chi connectivity index (χ3n) is 3.83. The van der Waals surface area contributed by atoms with Crippen LogP contribution in [0.25, 0.3) is 5.69 Å². The highest BCUT2D eigenvalue weighted by Gasteiger charge is 2.18. The van der Waals surface area contributed by atoms with E-state index in [0.29, 0.717) is 17.1 Å². The van der Waals surface area contributed by atoms with E-state index in [1.165, 1.54) is 19.2 Å². The van der Waals surface area contributed by atoms with Crippen LogP contribution < -0.4 is 10.1 Å². The van der Waals surface area contributed by atoms with Gasteiger partial charge in [-0.05, 0) is 36.7 Å². The summed E-state index contributed by atoms with van der Waals surface area (Å²) in [4.78, 5) is 16.2. The molecule has 3 aromatic rings. The molecule has 2 heterocycles. The molecule has 1 unspecified atom stereocenters. The van der Waals surface area contributed by atoms with Crippen LogP contribution in [0.2, 0.25) is 0 Å². The van der Waals surface area contributed by atoms with Crippen molar-refractivity contribution in [1.82, 2.24) is 20.0 Å². The normalized spacial score (nSPS) is 12.0. The Morgan fingerprint density at radius 3 is 2.80 bits per heavy atom. The molecular weight excluding hydrogens is 327 g/mol. The van der Waals surface area contributed by atoms with E-state index in [4.69, 9.17) is 9.26 Å². The highest BCUT2D eigenvalue weighted by atomic mass is 19.1. The Bertz CT molecular complexity index is 903. The second kappa shape index (κ2) is 6.76. The summed E-state index contributed by atoms with van der Waals surface area (Å²) in [5.41, 5.74) is 1.02. The predicted molar refractivity (Wildman–Crippen MR) is 87.2 cm³/mol. The van der Waals surface area contributed by atoms with Gasteiger partial charge in [-0.3, -0.25) is 4.79 Å². The third-order valence-corrected chi connectivity index (χ3v) is 3.83. The third kappa shape index (κ3) is 3.37. The number of nitrogens with zero attached hydrogens (tertiary/aromatic N) is 3. The van der Waals surface area contributed by atoms with Crippen LogP contribution in [-0.4, -0.2) is 27.7 Å². The second-order valence-corrected chi connectivity index (χ2v) is 5.48. The molecule has 1 N–H and O–H groups in total. The van der Waals surface area contributed by atoms with Gasteiger partial charge in [0.1, 0.15) is 11.6 Å². The molecule has 7 nitrogen and oxygen atoms in total. The molecule has 0 fully saturated rings. The molecule has 130 valence electrons. The number of hydrogen-bond donors (Lipinski definition) is 1. The number of halogens is 1. The molecule has 0 saturated carbocycles. The van der Waals surface area contributed by atoms with E-state index in [-0.39, 0.29) is 11.6 Å². The summed E-state index contributed by atoms with van der Waals surface area (Å²) in [6.45, 7) is 3.55. The maximum Gasteiger partial charge on any atom is 0.290 e. The van der Waals surface area contributed by atoms with E-state index in [1.54, 1.807) is 42.9 Å². The zero-order chi connectivity index (χ0) is 18.0. The van der Waals surface area contributed by atoms with E-state index >= 15 is 0 Å². The summed E-state index contributed by atoms with van der Waals surface area (Å²) in [6.07, 6.45) is 3.30. The lowest BCUT2D eigenvalue weighted by atomic mass is 10.1. The van der Waals surface area contributed by atoms with Crippen molar-refractivity contribution in [2.45, 2.75) is 19.9 Å². The van der Waals surface area contributed by atoms with Gasteiger partial charge < -0.3 is 19.1 Å². The molecule has 1 aromatic carbocycles. The van der Waals surface area contributed by atoms with Crippen LogP contribution in [0.15, 0.2) is 41.2 Å². The number of aryl methyl sites for hydroxylation is 1. The number of amides is 1. The fourth-order valence-corrected chi connectivity index (χ4v) is 2.43. The number of carbonyl (C=O) groups is 1. The number of nitrogens with one attached hydrogen (secondary N) is 1. The number of carbonyl (C=O) groups excluding carboxylic acids is 1. The average molecular weight is 344 g/mol.